The SMILES string of the molecule is Cc1cnc(C[S@](=O)Cc2ccc(F)c(Br)c2)o1. The highest BCUT2D eigenvalue weighted by atomic mass is 79.9. The fraction of sp³-hybridized carbons (Fsp3) is 0.250. The second-order valence-electron chi connectivity index (χ2n) is 3.84. The van der Waals surface area contributed by atoms with Gasteiger partial charge in [-0.3, -0.25) is 4.21 Å². The highest BCUT2D eigenvalue weighted by Gasteiger charge is 2.09. The lowest BCUT2D eigenvalue weighted by atomic mass is 10.2. The van der Waals surface area contributed by atoms with Crippen LogP contribution >= 0.6 is 15.9 Å². The van der Waals surface area contributed by atoms with Gasteiger partial charge in [0.25, 0.3) is 0 Å². The number of aryl methyl sites for hydroxylation is 1. The Bertz CT molecular complexity index is 585. The third-order valence-corrected chi connectivity index (χ3v) is 4.10. The lowest BCUT2D eigenvalue weighted by molar-refractivity contribution is 0.488. The topological polar surface area (TPSA) is 43.1 Å². The maximum Gasteiger partial charge on any atom is 0.206 e. The molecular weight excluding hydrogens is 321 g/mol. The molecule has 1 aromatic carbocycles. The standard InChI is InChI=1S/C12H11BrFNO2S/c1-8-5-15-12(17-8)7-18(16)6-9-2-3-11(14)10(13)4-9/h2-5H,6-7H2,1H3/t18-/m1/s1. The first-order valence-electron chi connectivity index (χ1n) is 5.25. The molecule has 0 aliphatic carbocycles. The summed E-state index contributed by atoms with van der Waals surface area (Å²) in [6.07, 6.45) is 1.60. The van der Waals surface area contributed by atoms with Gasteiger partial charge in [0.15, 0.2) is 0 Å². The minimum absolute atomic E-state index is 0.267. The van der Waals surface area contributed by atoms with Gasteiger partial charge in [-0.25, -0.2) is 9.37 Å². The molecule has 1 aromatic heterocycles. The summed E-state index contributed by atoms with van der Waals surface area (Å²) < 4.78 is 30.6. The zero-order chi connectivity index (χ0) is 13.1. The molecule has 1 atom stereocenters. The number of hydrogen-bond acceptors (Lipinski definition) is 3. The molecule has 0 amide bonds. The van der Waals surface area contributed by atoms with Crippen molar-refractivity contribution in [3.05, 3.63) is 51.9 Å². The van der Waals surface area contributed by atoms with Gasteiger partial charge in [-0.2, -0.15) is 0 Å². The quantitative estimate of drug-likeness (QED) is 0.862. The van der Waals surface area contributed by atoms with Gasteiger partial charge in [0, 0.05) is 16.6 Å². The van der Waals surface area contributed by atoms with Crippen LogP contribution in [0.4, 0.5) is 4.39 Å². The molecule has 0 fully saturated rings. The van der Waals surface area contributed by atoms with Crippen molar-refractivity contribution >= 4 is 26.7 Å². The van der Waals surface area contributed by atoms with Crippen LogP contribution in [0.3, 0.4) is 0 Å². The second kappa shape index (κ2) is 5.75. The Balaban J connectivity index is 2.00. The molecule has 0 aliphatic heterocycles. The zero-order valence-electron chi connectivity index (χ0n) is 9.65. The molecule has 6 heteroatoms. The monoisotopic (exact) mass is 331 g/mol. The fourth-order valence-corrected chi connectivity index (χ4v) is 2.96. The fourth-order valence-electron chi connectivity index (χ4n) is 1.47. The number of oxazole rings is 1. The first kappa shape index (κ1) is 13.4. The van der Waals surface area contributed by atoms with Crippen LogP contribution in [0.1, 0.15) is 17.2 Å². The lowest BCUT2D eigenvalue weighted by Crippen LogP contribution is -2.00. The molecule has 0 saturated carbocycles. The summed E-state index contributed by atoms with van der Waals surface area (Å²) in [6, 6.07) is 4.61. The van der Waals surface area contributed by atoms with Gasteiger partial charge in [0.1, 0.15) is 17.3 Å². The summed E-state index contributed by atoms with van der Waals surface area (Å²) in [5.74, 6) is 1.45. The molecule has 0 bridgehead atoms. The van der Waals surface area contributed by atoms with Crippen LogP contribution in [0.2, 0.25) is 0 Å². The highest BCUT2D eigenvalue weighted by Crippen LogP contribution is 2.18. The molecule has 3 nitrogen and oxygen atoms in total. The van der Waals surface area contributed by atoms with Crippen LogP contribution in [-0.4, -0.2) is 9.19 Å². The minimum atomic E-state index is -1.12. The predicted octanol–water partition coefficient (Wildman–Crippen LogP) is 3.33. The molecule has 0 radical (unpaired) electrons. The van der Waals surface area contributed by atoms with E-state index in [0.29, 0.717) is 21.9 Å². The molecule has 0 unspecified atom stereocenters. The number of aromatic nitrogens is 1. The Morgan fingerprint density at radius 3 is 2.83 bits per heavy atom. The van der Waals surface area contributed by atoms with E-state index in [-0.39, 0.29) is 11.6 Å². The van der Waals surface area contributed by atoms with Crippen molar-refractivity contribution in [2.45, 2.75) is 18.4 Å². The average Bonchev–Trinajstić information content (AvgIpc) is 2.69. The summed E-state index contributed by atoms with van der Waals surface area (Å²) in [7, 11) is -1.12. The van der Waals surface area contributed by atoms with Crippen molar-refractivity contribution in [3.8, 4) is 0 Å². The van der Waals surface area contributed by atoms with Gasteiger partial charge in [-0.1, -0.05) is 6.07 Å². The summed E-state index contributed by atoms with van der Waals surface area (Å²) in [5, 5.41) is 0. The van der Waals surface area contributed by atoms with E-state index in [0.717, 1.165) is 5.56 Å². The molecule has 0 aliphatic rings. The number of rotatable bonds is 4. The number of hydrogen-bond donors (Lipinski definition) is 0. The predicted molar refractivity (Wildman–Crippen MR) is 70.9 cm³/mol. The second-order valence-corrected chi connectivity index (χ2v) is 6.15. The van der Waals surface area contributed by atoms with Crippen LogP contribution in [0.25, 0.3) is 0 Å². The van der Waals surface area contributed by atoms with Crippen molar-refractivity contribution in [1.29, 1.82) is 0 Å². The number of benzene rings is 1. The summed E-state index contributed by atoms with van der Waals surface area (Å²) in [5.41, 5.74) is 0.810. The molecule has 2 aromatic rings. The Morgan fingerprint density at radius 1 is 1.44 bits per heavy atom. The average molecular weight is 332 g/mol. The van der Waals surface area contributed by atoms with Crippen molar-refractivity contribution in [1.82, 2.24) is 4.98 Å². The molecule has 96 valence electrons. The van der Waals surface area contributed by atoms with Gasteiger partial charge in [0.2, 0.25) is 5.89 Å². The Kier molecular flexibility index (Phi) is 4.29. The normalized spacial score (nSPS) is 12.6. The van der Waals surface area contributed by atoms with Crippen molar-refractivity contribution in [2.24, 2.45) is 0 Å². The van der Waals surface area contributed by atoms with E-state index in [1.807, 2.05) is 0 Å². The third-order valence-electron chi connectivity index (χ3n) is 2.27. The van der Waals surface area contributed by atoms with Crippen LogP contribution < -0.4 is 0 Å². The van der Waals surface area contributed by atoms with E-state index in [9.17, 15) is 8.60 Å². The van der Waals surface area contributed by atoms with E-state index in [1.165, 1.54) is 6.07 Å². The van der Waals surface area contributed by atoms with Crippen LogP contribution in [0, 0.1) is 12.7 Å². The molecule has 0 N–H and O–H groups in total. The van der Waals surface area contributed by atoms with E-state index < -0.39 is 10.8 Å². The van der Waals surface area contributed by atoms with Gasteiger partial charge in [0.05, 0.1) is 10.7 Å². The van der Waals surface area contributed by atoms with E-state index in [4.69, 9.17) is 4.42 Å². The van der Waals surface area contributed by atoms with Gasteiger partial charge < -0.3 is 4.42 Å². The van der Waals surface area contributed by atoms with Crippen molar-refractivity contribution in [3.63, 3.8) is 0 Å². The van der Waals surface area contributed by atoms with Crippen molar-refractivity contribution in [2.75, 3.05) is 0 Å². The smallest absolute Gasteiger partial charge is 0.206 e. The largest absolute Gasteiger partial charge is 0.445 e. The van der Waals surface area contributed by atoms with E-state index >= 15 is 0 Å². The van der Waals surface area contributed by atoms with E-state index in [2.05, 4.69) is 20.9 Å². The molecule has 0 saturated heterocycles. The maximum absolute atomic E-state index is 13.0. The summed E-state index contributed by atoms with van der Waals surface area (Å²) >= 11 is 3.10. The number of halogens is 2. The Morgan fingerprint density at radius 2 is 2.22 bits per heavy atom. The Labute approximate surface area is 115 Å². The van der Waals surface area contributed by atoms with E-state index in [1.54, 1.807) is 25.3 Å². The van der Waals surface area contributed by atoms with Gasteiger partial charge in [-0.05, 0) is 40.5 Å². The zero-order valence-corrected chi connectivity index (χ0v) is 12.1. The van der Waals surface area contributed by atoms with Crippen LogP contribution in [0.15, 0.2) is 33.3 Å². The first-order valence-corrected chi connectivity index (χ1v) is 7.53. The maximum atomic E-state index is 13.0. The summed E-state index contributed by atoms with van der Waals surface area (Å²) in [6.45, 7) is 1.79. The molecule has 2 rings (SSSR count). The van der Waals surface area contributed by atoms with Crippen LogP contribution in [-0.2, 0) is 22.3 Å². The first-order chi connectivity index (χ1) is 8.54. The molecule has 1 heterocycles. The van der Waals surface area contributed by atoms with Crippen molar-refractivity contribution < 1.29 is 13.0 Å². The minimum Gasteiger partial charge on any atom is -0.445 e. The highest BCUT2D eigenvalue weighted by molar-refractivity contribution is 9.10. The molecular formula is C12H11BrFNO2S. The molecule has 0 spiro atoms. The number of nitrogens with zero attached hydrogens (tertiary/aromatic N) is 1. The van der Waals surface area contributed by atoms with Crippen LogP contribution in [0.5, 0.6) is 0 Å². The van der Waals surface area contributed by atoms with Gasteiger partial charge in [-0.15, -0.1) is 0 Å². The molecule has 18 heavy (non-hydrogen) atoms. The van der Waals surface area contributed by atoms with Gasteiger partial charge >= 0.3 is 0 Å². The lowest BCUT2D eigenvalue weighted by Gasteiger charge is -2.02. The Hall–Kier alpha value is -1.01. The summed E-state index contributed by atoms with van der Waals surface area (Å²) in [4.78, 5) is 4.00. The third kappa shape index (κ3) is 3.49.